The molecule has 0 saturated carbocycles. The van der Waals surface area contributed by atoms with Crippen molar-refractivity contribution in [1.29, 1.82) is 0 Å². The van der Waals surface area contributed by atoms with E-state index in [1.54, 1.807) is 32.0 Å². The zero-order valence-corrected chi connectivity index (χ0v) is 16.0. The minimum Gasteiger partial charge on any atom is -0.507 e. The highest BCUT2D eigenvalue weighted by molar-refractivity contribution is 7.89. The van der Waals surface area contributed by atoms with E-state index >= 15 is 0 Å². The van der Waals surface area contributed by atoms with Crippen molar-refractivity contribution in [2.24, 2.45) is 0 Å². The second kappa shape index (κ2) is 7.28. The van der Waals surface area contributed by atoms with Crippen molar-refractivity contribution in [3.63, 3.8) is 0 Å². The molecule has 1 aliphatic heterocycles. The van der Waals surface area contributed by atoms with E-state index in [1.807, 2.05) is 0 Å². The number of hydrogen-bond acceptors (Lipinski definition) is 4. The summed E-state index contributed by atoms with van der Waals surface area (Å²) in [7, 11) is -3.86. The fourth-order valence-electron chi connectivity index (χ4n) is 3.01. The van der Waals surface area contributed by atoms with Crippen molar-refractivity contribution in [1.82, 2.24) is 9.21 Å². The van der Waals surface area contributed by atoms with E-state index in [4.69, 9.17) is 0 Å². The van der Waals surface area contributed by atoms with Gasteiger partial charge in [-0.05, 0) is 49.2 Å². The Labute approximate surface area is 157 Å². The Kier molecular flexibility index (Phi) is 5.21. The Morgan fingerprint density at radius 2 is 1.70 bits per heavy atom. The standard InChI is InChI=1S/C19H21FN2O4S/c1-13-3-6-17(23)18(11-13)27(25,26)22-9-7-21(8-10-22)19(24)15-5-4-14(2)16(20)12-15/h3-6,11-12,23H,7-10H2,1-2H3. The molecule has 27 heavy (non-hydrogen) atoms. The summed E-state index contributed by atoms with van der Waals surface area (Å²) < 4.78 is 40.6. The number of benzene rings is 2. The van der Waals surface area contributed by atoms with E-state index in [2.05, 4.69) is 0 Å². The van der Waals surface area contributed by atoms with E-state index in [0.717, 1.165) is 5.56 Å². The highest BCUT2D eigenvalue weighted by atomic mass is 32.2. The number of sulfonamides is 1. The molecule has 0 aromatic heterocycles. The van der Waals surface area contributed by atoms with E-state index in [1.165, 1.54) is 27.4 Å². The number of halogens is 1. The lowest BCUT2D eigenvalue weighted by Crippen LogP contribution is -2.50. The number of hydrogen-bond donors (Lipinski definition) is 1. The fourth-order valence-corrected chi connectivity index (χ4v) is 4.60. The average Bonchev–Trinajstić information content (AvgIpc) is 2.65. The van der Waals surface area contributed by atoms with Gasteiger partial charge in [-0.3, -0.25) is 4.79 Å². The summed E-state index contributed by atoms with van der Waals surface area (Å²) >= 11 is 0. The number of aromatic hydroxyl groups is 1. The summed E-state index contributed by atoms with van der Waals surface area (Å²) in [4.78, 5) is 13.9. The van der Waals surface area contributed by atoms with E-state index < -0.39 is 15.8 Å². The van der Waals surface area contributed by atoms with Crippen molar-refractivity contribution in [2.75, 3.05) is 26.2 Å². The Balaban J connectivity index is 1.73. The molecule has 2 aromatic carbocycles. The molecule has 8 heteroatoms. The monoisotopic (exact) mass is 392 g/mol. The molecule has 6 nitrogen and oxygen atoms in total. The molecule has 0 bridgehead atoms. The molecule has 3 rings (SSSR count). The number of rotatable bonds is 3. The molecule has 0 atom stereocenters. The molecule has 0 radical (unpaired) electrons. The van der Waals surface area contributed by atoms with Crippen LogP contribution in [0.15, 0.2) is 41.3 Å². The van der Waals surface area contributed by atoms with Crippen molar-refractivity contribution < 1.29 is 22.7 Å². The van der Waals surface area contributed by atoms with E-state index in [-0.39, 0.29) is 48.3 Å². The zero-order chi connectivity index (χ0) is 19.8. The first kappa shape index (κ1) is 19.3. The van der Waals surface area contributed by atoms with Crippen LogP contribution in [0.25, 0.3) is 0 Å². The van der Waals surface area contributed by atoms with Gasteiger partial charge in [-0.15, -0.1) is 0 Å². The van der Waals surface area contributed by atoms with Gasteiger partial charge in [0, 0.05) is 31.7 Å². The van der Waals surface area contributed by atoms with Gasteiger partial charge < -0.3 is 10.0 Å². The Hall–Kier alpha value is -2.45. The molecule has 0 unspecified atom stereocenters. The summed E-state index contributed by atoms with van der Waals surface area (Å²) in [6.07, 6.45) is 0. The van der Waals surface area contributed by atoms with Crippen LogP contribution in [0.3, 0.4) is 0 Å². The minimum absolute atomic E-state index is 0.107. The van der Waals surface area contributed by atoms with Gasteiger partial charge in [0.25, 0.3) is 5.91 Å². The first-order valence-corrected chi connectivity index (χ1v) is 9.99. The van der Waals surface area contributed by atoms with Gasteiger partial charge in [0.05, 0.1) is 0 Å². The molecule has 1 aliphatic rings. The van der Waals surface area contributed by atoms with Crippen molar-refractivity contribution >= 4 is 15.9 Å². The maximum atomic E-state index is 13.7. The lowest BCUT2D eigenvalue weighted by atomic mass is 10.1. The van der Waals surface area contributed by atoms with Gasteiger partial charge in [-0.25, -0.2) is 12.8 Å². The first-order chi connectivity index (χ1) is 12.7. The predicted octanol–water partition coefficient (Wildman–Crippen LogP) is 2.29. The molecule has 0 spiro atoms. The predicted molar refractivity (Wildman–Crippen MR) is 98.6 cm³/mol. The number of nitrogens with zero attached hydrogens (tertiary/aromatic N) is 2. The third kappa shape index (κ3) is 3.81. The van der Waals surface area contributed by atoms with Crippen molar-refractivity contribution in [3.05, 3.63) is 58.9 Å². The fraction of sp³-hybridized carbons (Fsp3) is 0.316. The molecule has 1 amide bonds. The molecule has 2 aromatic rings. The lowest BCUT2D eigenvalue weighted by molar-refractivity contribution is 0.0697. The van der Waals surface area contributed by atoms with Gasteiger partial charge in [0.2, 0.25) is 10.0 Å². The highest BCUT2D eigenvalue weighted by Crippen LogP contribution is 2.27. The third-order valence-electron chi connectivity index (χ3n) is 4.68. The van der Waals surface area contributed by atoms with Gasteiger partial charge in [-0.2, -0.15) is 4.31 Å². The number of carbonyl (C=O) groups excluding carboxylic acids is 1. The second-order valence-corrected chi connectivity index (χ2v) is 8.54. The van der Waals surface area contributed by atoms with Crippen LogP contribution in [0, 0.1) is 19.7 Å². The van der Waals surface area contributed by atoms with Crippen LogP contribution in [0.2, 0.25) is 0 Å². The van der Waals surface area contributed by atoms with Gasteiger partial charge in [0.1, 0.15) is 16.5 Å². The van der Waals surface area contributed by atoms with Crippen LogP contribution < -0.4 is 0 Å². The van der Waals surface area contributed by atoms with Crippen LogP contribution in [-0.4, -0.2) is 54.8 Å². The summed E-state index contributed by atoms with van der Waals surface area (Å²) in [6, 6.07) is 8.72. The van der Waals surface area contributed by atoms with Crippen LogP contribution in [0.1, 0.15) is 21.5 Å². The maximum Gasteiger partial charge on any atom is 0.254 e. The minimum atomic E-state index is -3.86. The molecule has 1 saturated heterocycles. The van der Waals surface area contributed by atoms with Crippen LogP contribution in [0.5, 0.6) is 5.75 Å². The largest absolute Gasteiger partial charge is 0.507 e. The average molecular weight is 392 g/mol. The molecular formula is C19H21FN2O4S. The SMILES string of the molecule is Cc1ccc(O)c(S(=O)(=O)N2CCN(C(=O)c3ccc(C)c(F)c3)CC2)c1. The highest BCUT2D eigenvalue weighted by Gasteiger charge is 2.32. The molecule has 0 aliphatic carbocycles. The first-order valence-electron chi connectivity index (χ1n) is 8.55. The quantitative estimate of drug-likeness (QED) is 0.869. The lowest BCUT2D eigenvalue weighted by Gasteiger charge is -2.34. The number of phenolic OH excluding ortho intramolecular Hbond substituents is 1. The zero-order valence-electron chi connectivity index (χ0n) is 15.1. The van der Waals surface area contributed by atoms with Crippen molar-refractivity contribution in [3.8, 4) is 5.75 Å². The van der Waals surface area contributed by atoms with Gasteiger partial charge in [-0.1, -0.05) is 12.1 Å². The van der Waals surface area contributed by atoms with Crippen LogP contribution in [-0.2, 0) is 10.0 Å². The number of carbonyl (C=O) groups is 1. The Morgan fingerprint density at radius 3 is 2.33 bits per heavy atom. The summed E-state index contributed by atoms with van der Waals surface area (Å²) in [5.41, 5.74) is 1.42. The smallest absolute Gasteiger partial charge is 0.254 e. The Bertz CT molecular complexity index is 983. The maximum absolute atomic E-state index is 13.7. The second-order valence-electron chi connectivity index (χ2n) is 6.63. The van der Waals surface area contributed by atoms with E-state index in [9.17, 15) is 22.7 Å². The molecule has 1 heterocycles. The van der Waals surface area contributed by atoms with Crippen LogP contribution >= 0.6 is 0 Å². The summed E-state index contributed by atoms with van der Waals surface area (Å²) in [5.74, 6) is -1.07. The normalized spacial score (nSPS) is 15.7. The van der Waals surface area contributed by atoms with Crippen molar-refractivity contribution in [2.45, 2.75) is 18.7 Å². The Morgan fingerprint density at radius 1 is 1.04 bits per heavy atom. The number of phenols is 1. The number of amides is 1. The topological polar surface area (TPSA) is 77.9 Å². The molecule has 1 fully saturated rings. The molecular weight excluding hydrogens is 371 g/mol. The van der Waals surface area contributed by atoms with Crippen LogP contribution in [0.4, 0.5) is 4.39 Å². The van der Waals surface area contributed by atoms with E-state index in [0.29, 0.717) is 5.56 Å². The summed E-state index contributed by atoms with van der Waals surface area (Å²) in [6.45, 7) is 3.97. The molecule has 1 N–H and O–H groups in total. The third-order valence-corrected chi connectivity index (χ3v) is 6.61. The van der Waals surface area contributed by atoms with Gasteiger partial charge >= 0.3 is 0 Å². The number of aryl methyl sites for hydroxylation is 2. The molecule has 144 valence electrons. The number of piperazine rings is 1. The summed E-state index contributed by atoms with van der Waals surface area (Å²) in [5, 5.41) is 9.93. The van der Waals surface area contributed by atoms with Gasteiger partial charge in [0.15, 0.2) is 0 Å².